The van der Waals surface area contributed by atoms with Crippen molar-refractivity contribution in [3.05, 3.63) is 53.7 Å². The molecule has 0 saturated heterocycles. The molecule has 0 spiro atoms. The first-order valence-electron chi connectivity index (χ1n) is 7.65. The Morgan fingerprint density at radius 3 is 2.59 bits per heavy atom. The molecular formula is C17H20F3IN4O2. The smallest absolute Gasteiger partial charge is 0.422 e. The zero-order valence-corrected chi connectivity index (χ0v) is 16.8. The largest absolute Gasteiger partial charge is 0.468 e. The van der Waals surface area contributed by atoms with E-state index in [0.717, 1.165) is 11.3 Å². The van der Waals surface area contributed by atoms with Crippen LogP contribution >= 0.6 is 24.0 Å². The van der Waals surface area contributed by atoms with Gasteiger partial charge in [0.05, 0.1) is 13.2 Å². The topological polar surface area (TPSA) is 81.8 Å². The number of hydrogen-bond acceptors (Lipinski definition) is 4. The number of halogens is 4. The molecule has 0 fully saturated rings. The number of nitrogens with two attached hydrogens (primary N) is 1. The Morgan fingerprint density at radius 2 is 1.96 bits per heavy atom. The number of rotatable bonds is 7. The van der Waals surface area contributed by atoms with E-state index in [1.807, 2.05) is 24.3 Å². The maximum absolute atomic E-state index is 12.1. The number of aliphatic imine (C=N–C) groups is 1. The highest BCUT2D eigenvalue weighted by Gasteiger charge is 2.28. The van der Waals surface area contributed by atoms with Crippen molar-refractivity contribution in [1.82, 2.24) is 4.98 Å². The molecular weight excluding hydrogens is 476 g/mol. The van der Waals surface area contributed by atoms with Crippen LogP contribution in [0.4, 0.5) is 18.9 Å². The van der Waals surface area contributed by atoms with Crippen LogP contribution in [0.15, 0.2) is 47.6 Å². The average Bonchev–Trinajstić information content (AvgIpc) is 2.60. The summed E-state index contributed by atoms with van der Waals surface area (Å²) in [6, 6.07) is 10.4. The number of benzene rings is 1. The molecule has 6 nitrogen and oxygen atoms in total. The molecule has 0 radical (unpaired) electrons. The lowest BCUT2D eigenvalue weighted by Crippen LogP contribution is -2.23. The van der Waals surface area contributed by atoms with Crippen molar-refractivity contribution < 1.29 is 22.6 Å². The van der Waals surface area contributed by atoms with Gasteiger partial charge >= 0.3 is 6.18 Å². The Kier molecular flexibility index (Phi) is 9.29. The minimum Gasteiger partial charge on any atom is -0.468 e. The van der Waals surface area contributed by atoms with Gasteiger partial charge in [0.15, 0.2) is 12.6 Å². The van der Waals surface area contributed by atoms with Crippen LogP contribution in [-0.2, 0) is 17.9 Å². The Hall–Kier alpha value is -2.08. The van der Waals surface area contributed by atoms with Crippen molar-refractivity contribution in [2.75, 3.05) is 19.0 Å². The van der Waals surface area contributed by atoms with E-state index in [0.29, 0.717) is 12.2 Å². The van der Waals surface area contributed by atoms with Crippen molar-refractivity contribution in [3.63, 3.8) is 0 Å². The number of para-hydroxylation sites is 1. The van der Waals surface area contributed by atoms with Crippen LogP contribution in [0.2, 0.25) is 0 Å². The van der Waals surface area contributed by atoms with Crippen LogP contribution in [0.25, 0.3) is 0 Å². The minimum atomic E-state index is -4.40. The monoisotopic (exact) mass is 496 g/mol. The molecule has 0 unspecified atom stereocenters. The molecule has 1 heterocycles. The summed E-state index contributed by atoms with van der Waals surface area (Å²) in [6.07, 6.45) is -3.01. The predicted molar refractivity (Wildman–Crippen MR) is 107 cm³/mol. The number of guanidine groups is 1. The fraction of sp³-hybridized carbons (Fsp3) is 0.294. The molecule has 1 aromatic heterocycles. The molecule has 0 atom stereocenters. The average molecular weight is 496 g/mol. The molecule has 1 aromatic carbocycles. The van der Waals surface area contributed by atoms with Crippen molar-refractivity contribution in [3.8, 4) is 5.88 Å². The molecule has 3 N–H and O–H groups in total. The lowest BCUT2D eigenvalue weighted by atomic mass is 10.2. The lowest BCUT2D eigenvalue weighted by Gasteiger charge is -2.11. The zero-order chi connectivity index (χ0) is 19.0. The normalized spacial score (nSPS) is 11.6. The summed E-state index contributed by atoms with van der Waals surface area (Å²) in [7, 11) is 1.60. The van der Waals surface area contributed by atoms with E-state index in [-0.39, 0.29) is 42.4 Å². The van der Waals surface area contributed by atoms with Gasteiger partial charge in [0.1, 0.15) is 0 Å². The van der Waals surface area contributed by atoms with Gasteiger partial charge in [0.2, 0.25) is 5.88 Å². The van der Waals surface area contributed by atoms with E-state index in [2.05, 4.69) is 20.0 Å². The van der Waals surface area contributed by atoms with Gasteiger partial charge in [-0.1, -0.05) is 24.3 Å². The molecule has 0 aliphatic heterocycles. The minimum absolute atomic E-state index is 0. The number of methoxy groups -OCH3 is 1. The molecule has 27 heavy (non-hydrogen) atoms. The van der Waals surface area contributed by atoms with Crippen LogP contribution < -0.4 is 15.8 Å². The zero-order valence-electron chi connectivity index (χ0n) is 14.5. The number of alkyl halides is 3. The third-order valence-corrected chi connectivity index (χ3v) is 3.19. The molecule has 0 amide bonds. The highest BCUT2D eigenvalue weighted by Crippen LogP contribution is 2.17. The summed E-state index contributed by atoms with van der Waals surface area (Å²) in [5.41, 5.74) is 8.27. The second-order valence-electron chi connectivity index (χ2n) is 5.33. The number of hydrogen-bond donors (Lipinski definition) is 2. The van der Waals surface area contributed by atoms with Gasteiger partial charge in [0, 0.05) is 30.6 Å². The highest BCUT2D eigenvalue weighted by atomic mass is 127. The van der Waals surface area contributed by atoms with Gasteiger partial charge in [-0.2, -0.15) is 13.2 Å². The lowest BCUT2D eigenvalue weighted by molar-refractivity contribution is -0.154. The summed E-state index contributed by atoms with van der Waals surface area (Å²) in [6.45, 7) is -0.729. The van der Waals surface area contributed by atoms with E-state index in [1.54, 1.807) is 13.2 Å². The fourth-order valence-electron chi connectivity index (χ4n) is 2.02. The van der Waals surface area contributed by atoms with Crippen LogP contribution in [0.5, 0.6) is 5.88 Å². The first kappa shape index (κ1) is 23.0. The highest BCUT2D eigenvalue weighted by molar-refractivity contribution is 14.0. The first-order valence-corrected chi connectivity index (χ1v) is 7.65. The Morgan fingerprint density at radius 1 is 1.22 bits per heavy atom. The predicted octanol–water partition coefficient (Wildman–Crippen LogP) is 3.71. The standard InChI is InChI=1S/C17H19F3N4O2.HI/c1-25-10-13-4-2-3-5-14(13)24-16(21)23-9-12-6-7-15(22-8-12)26-11-17(18,19)20;/h2-8H,9-11H2,1H3,(H3,21,23,24);1H. The Balaban J connectivity index is 0.00000364. The van der Waals surface area contributed by atoms with Gasteiger partial charge in [0.25, 0.3) is 0 Å². The van der Waals surface area contributed by atoms with Gasteiger partial charge in [-0.3, -0.25) is 0 Å². The molecule has 10 heteroatoms. The van der Waals surface area contributed by atoms with Crippen molar-refractivity contribution in [1.29, 1.82) is 0 Å². The molecule has 0 aliphatic rings. The molecule has 2 aromatic rings. The van der Waals surface area contributed by atoms with Gasteiger partial charge in [-0.15, -0.1) is 24.0 Å². The first-order chi connectivity index (χ1) is 12.4. The Bertz CT molecular complexity index is 740. The number of nitrogens with zero attached hydrogens (tertiary/aromatic N) is 2. The molecule has 148 valence electrons. The second-order valence-corrected chi connectivity index (χ2v) is 5.33. The van der Waals surface area contributed by atoms with Gasteiger partial charge in [-0.05, 0) is 11.6 Å². The summed E-state index contributed by atoms with van der Waals surface area (Å²) in [5, 5.41) is 2.99. The van der Waals surface area contributed by atoms with Crippen molar-refractivity contribution in [2.45, 2.75) is 19.3 Å². The van der Waals surface area contributed by atoms with Crippen molar-refractivity contribution in [2.24, 2.45) is 10.7 Å². The van der Waals surface area contributed by atoms with Crippen LogP contribution in [0, 0.1) is 0 Å². The van der Waals surface area contributed by atoms with Gasteiger partial charge < -0.3 is 20.5 Å². The maximum Gasteiger partial charge on any atom is 0.422 e. The molecule has 0 saturated carbocycles. The van der Waals surface area contributed by atoms with Gasteiger partial charge in [-0.25, -0.2) is 9.98 Å². The number of ether oxygens (including phenoxy) is 2. The summed E-state index contributed by atoms with van der Waals surface area (Å²) in [5.74, 6) is 0.0978. The third kappa shape index (κ3) is 8.43. The van der Waals surface area contributed by atoms with E-state index in [1.165, 1.54) is 12.3 Å². The number of nitrogens with one attached hydrogen (secondary N) is 1. The third-order valence-electron chi connectivity index (χ3n) is 3.19. The molecule has 0 aliphatic carbocycles. The number of pyridine rings is 1. The van der Waals surface area contributed by atoms with E-state index in [9.17, 15) is 13.2 Å². The Labute approximate surface area is 172 Å². The summed E-state index contributed by atoms with van der Waals surface area (Å²) < 4.78 is 45.9. The van der Waals surface area contributed by atoms with E-state index >= 15 is 0 Å². The van der Waals surface area contributed by atoms with E-state index in [4.69, 9.17) is 10.5 Å². The molecule has 2 rings (SSSR count). The quantitative estimate of drug-likeness (QED) is 0.347. The van der Waals surface area contributed by atoms with Crippen LogP contribution in [0.1, 0.15) is 11.1 Å². The van der Waals surface area contributed by atoms with E-state index < -0.39 is 12.8 Å². The maximum atomic E-state index is 12.1. The number of aromatic nitrogens is 1. The molecule has 0 bridgehead atoms. The fourth-order valence-corrected chi connectivity index (χ4v) is 2.02. The SMILES string of the molecule is COCc1ccccc1NC(N)=NCc1ccc(OCC(F)(F)F)nc1.I. The van der Waals surface area contributed by atoms with Crippen LogP contribution in [0.3, 0.4) is 0 Å². The second kappa shape index (κ2) is 10.9. The van der Waals surface area contributed by atoms with Crippen molar-refractivity contribution >= 4 is 35.6 Å². The number of anilines is 1. The van der Waals surface area contributed by atoms with Crippen LogP contribution in [-0.4, -0.2) is 30.8 Å². The summed E-state index contributed by atoms with van der Waals surface area (Å²) >= 11 is 0. The summed E-state index contributed by atoms with van der Waals surface area (Å²) in [4.78, 5) is 8.00.